The number of aliphatic carboxylic acids is 1. The summed E-state index contributed by atoms with van der Waals surface area (Å²) >= 11 is 0. The van der Waals surface area contributed by atoms with Gasteiger partial charge in [-0.05, 0) is 48.4 Å². The second-order valence-corrected chi connectivity index (χ2v) is 6.64. The molecule has 7 heteroatoms. The maximum absolute atomic E-state index is 11.6. The lowest BCUT2D eigenvalue weighted by Gasteiger charge is -2.32. The molecular weight excluding hydrogens is 270 g/mol. The van der Waals surface area contributed by atoms with E-state index >= 15 is 0 Å². The van der Waals surface area contributed by atoms with Gasteiger partial charge in [-0.25, -0.2) is 4.68 Å². The van der Waals surface area contributed by atoms with Crippen molar-refractivity contribution >= 4 is 5.97 Å². The molecule has 3 unspecified atom stereocenters. The lowest BCUT2D eigenvalue weighted by atomic mass is 9.85. The zero-order valence-electron chi connectivity index (χ0n) is 12.1. The van der Waals surface area contributed by atoms with Crippen LogP contribution in [0, 0.1) is 5.92 Å². The summed E-state index contributed by atoms with van der Waals surface area (Å²) in [5.74, 6) is 0.662. The molecule has 1 aromatic heterocycles. The van der Waals surface area contributed by atoms with Crippen LogP contribution in [0.3, 0.4) is 0 Å². The van der Waals surface area contributed by atoms with E-state index in [0.717, 1.165) is 31.5 Å². The Bertz CT molecular complexity index is 541. The number of carboxylic acid groups (broad SMARTS) is 1. The van der Waals surface area contributed by atoms with Crippen molar-refractivity contribution in [1.29, 1.82) is 0 Å². The summed E-state index contributed by atoms with van der Waals surface area (Å²) in [4.78, 5) is 13.8. The van der Waals surface area contributed by atoms with Crippen molar-refractivity contribution in [2.75, 3.05) is 0 Å². The van der Waals surface area contributed by atoms with Crippen LogP contribution in [0.15, 0.2) is 0 Å². The first kappa shape index (κ1) is 13.2. The third-order valence-corrected chi connectivity index (χ3v) is 5.28. The summed E-state index contributed by atoms with van der Waals surface area (Å²) in [6.07, 6.45) is 7.76. The average Bonchev–Trinajstić information content (AvgIpc) is 3.11. The van der Waals surface area contributed by atoms with Crippen molar-refractivity contribution < 1.29 is 9.90 Å². The van der Waals surface area contributed by atoms with Crippen LogP contribution in [-0.4, -0.2) is 48.3 Å². The van der Waals surface area contributed by atoms with Gasteiger partial charge in [-0.3, -0.25) is 9.69 Å². The van der Waals surface area contributed by atoms with Gasteiger partial charge in [0.1, 0.15) is 6.04 Å². The normalized spacial score (nSPS) is 33.0. The Hall–Kier alpha value is -1.50. The largest absolute Gasteiger partial charge is 0.480 e. The van der Waals surface area contributed by atoms with E-state index in [1.54, 1.807) is 0 Å². The maximum Gasteiger partial charge on any atom is 0.320 e. The molecule has 0 radical (unpaired) electrons. The Labute approximate surface area is 123 Å². The Morgan fingerprint density at radius 2 is 2.05 bits per heavy atom. The summed E-state index contributed by atoms with van der Waals surface area (Å²) in [7, 11) is 0. The molecule has 114 valence electrons. The summed E-state index contributed by atoms with van der Waals surface area (Å²) in [5.41, 5.74) is 0. The first-order valence-corrected chi connectivity index (χ1v) is 7.99. The van der Waals surface area contributed by atoms with Crippen LogP contribution in [0.5, 0.6) is 0 Å². The minimum atomic E-state index is -0.699. The second-order valence-electron chi connectivity index (χ2n) is 6.64. The number of hydrogen-bond donors (Lipinski definition) is 1. The molecule has 2 saturated carbocycles. The second kappa shape index (κ2) is 5.05. The van der Waals surface area contributed by atoms with Gasteiger partial charge in [-0.1, -0.05) is 12.8 Å². The van der Waals surface area contributed by atoms with E-state index in [2.05, 4.69) is 20.4 Å². The number of aromatic nitrogens is 4. The lowest BCUT2D eigenvalue weighted by molar-refractivity contribution is -0.143. The minimum absolute atomic E-state index is 0.373. The summed E-state index contributed by atoms with van der Waals surface area (Å²) in [5, 5.41) is 21.6. The standard InChI is InChI=1S/C14H21N5O2/c20-14(21)12-7-9-3-1-2-4-11(9)18(12)8-13-15-16-17-19(13)10-5-6-10/h9-12H,1-8H2,(H,20,21). The number of tetrazole rings is 1. The number of likely N-dealkylation sites (tertiary alicyclic amines) is 1. The van der Waals surface area contributed by atoms with Gasteiger partial charge >= 0.3 is 5.97 Å². The number of carbonyl (C=O) groups is 1. The number of hydrogen-bond acceptors (Lipinski definition) is 5. The number of fused-ring (bicyclic) bond motifs is 1. The average molecular weight is 291 g/mol. The van der Waals surface area contributed by atoms with Crippen LogP contribution >= 0.6 is 0 Å². The fraction of sp³-hybridized carbons (Fsp3) is 0.857. The van der Waals surface area contributed by atoms with Gasteiger partial charge in [0.15, 0.2) is 5.82 Å². The molecule has 0 amide bonds. The highest BCUT2D eigenvalue weighted by molar-refractivity contribution is 5.74. The van der Waals surface area contributed by atoms with Crippen molar-refractivity contribution in [2.45, 2.75) is 69.6 Å². The van der Waals surface area contributed by atoms with Crippen molar-refractivity contribution in [3.63, 3.8) is 0 Å². The van der Waals surface area contributed by atoms with Crippen LogP contribution in [-0.2, 0) is 11.3 Å². The molecule has 4 rings (SSSR count). The zero-order valence-corrected chi connectivity index (χ0v) is 12.1. The molecule has 2 heterocycles. The van der Waals surface area contributed by atoms with Crippen molar-refractivity contribution in [1.82, 2.24) is 25.1 Å². The van der Waals surface area contributed by atoms with E-state index < -0.39 is 5.97 Å². The third kappa shape index (κ3) is 2.33. The fourth-order valence-corrected chi connectivity index (χ4v) is 4.11. The molecule has 3 atom stereocenters. The first-order chi connectivity index (χ1) is 10.2. The molecule has 1 saturated heterocycles. The molecule has 0 bridgehead atoms. The molecule has 0 spiro atoms. The van der Waals surface area contributed by atoms with Crippen molar-refractivity contribution in [3.8, 4) is 0 Å². The van der Waals surface area contributed by atoms with Gasteiger partial charge in [0.05, 0.1) is 12.6 Å². The Morgan fingerprint density at radius 3 is 2.81 bits per heavy atom. The van der Waals surface area contributed by atoms with Gasteiger partial charge in [0.25, 0.3) is 0 Å². The highest BCUT2D eigenvalue weighted by Crippen LogP contribution is 2.41. The van der Waals surface area contributed by atoms with Crippen molar-refractivity contribution in [3.05, 3.63) is 5.82 Å². The predicted octanol–water partition coefficient (Wildman–Crippen LogP) is 1.23. The van der Waals surface area contributed by atoms with E-state index in [0.29, 0.717) is 24.5 Å². The van der Waals surface area contributed by atoms with E-state index in [-0.39, 0.29) is 6.04 Å². The zero-order chi connectivity index (χ0) is 14.4. The molecule has 2 aliphatic carbocycles. The maximum atomic E-state index is 11.6. The van der Waals surface area contributed by atoms with E-state index in [1.807, 2.05) is 4.68 Å². The third-order valence-electron chi connectivity index (χ3n) is 5.28. The lowest BCUT2D eigenvalue weighted by Crippen LogP contribution is -2.42. The quantitative estimate of drug-likeness (QED) is 0.898. The SMILES string of the molecule is O=C(O)C1CC2CCCCC2N1Cc1nnnn1C1CC1. The molecule has 0 aromatic carbocycles. The topological polar surface area (TPSA) is 84.1 Å². The van der Waals surface area contributed by atoms with Gasteiger partial charge in [-0.15, -0.1) is 5.10 Å². The van der Waals surface area contributed by atoms with Crippen LogP contribution in [0.1, 0.15) is 56.8 Å². The molecule has 21 heavy (non-hydrogen) atoms. The highest BCUT2D eigenvalue weighted by Gasteiger charge is 2.45. The van der Waals surface area contributed by atoms with Crippen LogP contribution in [0.4, 0.5) is 0 Å². The molecular formula is C14H21N5O2. The summed E-state index contributed by atoms with van der Waals surface area (Å²) in [6.45, 7) is 0.571. The van der Waals surface area contributed by atoms with Gasteiger partial charge in [-0.2, -0.15) is 0 Å². The van der Waals surface area contributed by atoms with Gasteiger partial charge in [0, 0.05) is 6.04 Å². The Kier molecular flexibility index (Phi) is 3.17. The molecule has 1 N–H and O–H groups in total. The smallest absolute Gasteiger partial charge is 0.320 e. The Balaban J connectivity index is 1.58. The predicted molar refractivity (Wildman–Crippen MR) is 73.4 cm³/mol. The molecule has 1 aromatic rings. The minimum Gasteiger partial charge on any atom is -0.480 e. The van der Waals surface area contributed by atoms with Crippen LogP contribution in [0.25, 0.3) is 0 Å². The molecule has 3 fully saturated rings. The first-order valence-electron chi connectivity index (χ1n) is 7.99. The number of carboxylic acids is 1. The van der Waals surface area contributed by atoms with Crippen LogP contribution in [0.2, 0.25) is 0 Å². The van der Waals surface area contributed by atoms with Crippen molar-refractivity contribution in [2.24, 2.45) is 5.92 Å². The monoisotopic (exact) mass is 291 g/mol. The number of rotatable bonds is 4. The van der Waals surface area contributed by atoms with E-state index in [1.165, 1.54) is 19.3 Å². The highest BCUT2D eigenvalue weighted by atomic mass is 16.4. The van der Waals surface area contributed by atoms with Gasteiger partial charge < -0.3 is 5.11 Å². The summed E-state index contributed by atoms with van der Waals surface area (Å²) in [6, 6.07) is 0.453. The number of nitrogens with zero attached hydrogens (tertiary/aromatic N) is 5. The van der Waals surface area contributed by atoms with Gasteiger partial charge in [0.2, 0.25) is 0 Å². The molecule has 1 aliphatic heterocycles. The fourth-order valence-electron chi connectivity index (χ4n) is 4.11. The molecule has 7 nitrogen and oxygen atoms in total. The van der Waals surface area contributed by atoms with E-state index in [4.69, 9.17) is 0 Å². The summed E-state index contributed by atoms with van der Waals surface area (Å²) < 4.78 is 1.90. The van der Waals surface area contributed by atoms with E-state index in [9.17, 15) is 9.90 Å². The van der Waals surface area contributed by atoms with Crippen LogP contribution < -0.4 is 0 Å². The molecule has 3 aliphatic rings. The Morgan fingerprint density at radius 1 is 1.24 bits per heavy atom.